The molecule has 0 bridgehead atoms. The third-order valence-electron chi connectivity index (χ3n) is 3.66. The summed E-state index contributed by atoms with van der Waals surface area (Å²) in [6.45, 7) is 3.66. The molecule has 0 atom stereocenters. The number of nitrogens with one attached hydrogen (secondary N) is 1. The first-order chi connectivity index (χ1) is 11.0. The van der Waals surface area contributed by atoms with Gasteiger partial charge in [0.1, 0.15) is 5.58 Å². The number of carbonyl (C=O) groups excluding carboxylic acids is 1. The van der Waals surface area contributed by atoms with Gasteiger partial charge in [0.05, 0.1) is 10.6 Å². The Morgan fingerprint density at radius 3 is 2.57 bits per heavy atom. The molecule has 0 fully saturated rings. The summed E-state index contributed by atoms with van der Waals surface area (Å²) in [6, 6.07) is 11.8. The van der Waals surface area contributed by atoms with Gasteiger partial charge >= 0.3 is 5.63 Å². The number of aryl methyl sites for hydroxylation is 2. The van der Waals surface area contributed by atoms with Crippen molar-refractivity contribution in [2.45, 2.75) is 13.8 Å². The zero-order valence-corrected chi connectivity index (χ0v) is 13.4. The SMILES string of the molecule is Cc1cc2oc(=O)cc(C)c2cc1NC(=O)c1ccccc1Cl. The van der Waals surface area contributed by atoms with Crippen LogP contribution in [-0.4, -0.2) is 5.91 Å². The van der Waals surface area contributed by atoms with Crippen molar-refractivity contribution in [3.63, 3.8) is 0 Å². The van der Waals surface area contributed by atoms with E-state index in [1.54, 1.807) is 36.4 Å². The fourth-order valence-electron chi connectivity index (χ4n) is 2.44. The van der Waals surface area contributed by atoms with Gasteiger partial charge in [0.25, 0.3) is 5.91 Å². The molecule has 1 heterocycles. The molecule has 3 rings (SSSR count). The second kappa shape index (κ2) is 5.89. The third-order valence-corrected chi connectivity index (χ3v) is 3.99. The summed E-state index contributed by atoms with van der Waals surface area (Å²) in [7, 11) is 0. The van der Waals surface area contributed by atoms with Gasteiger partial charge in [0.2, 0.25) is 0 Å². The summed E-state index contributed by atoms with van der Waals surface area (Å²) in [4.78, 5) is 23.8. The second-order valence-electron chi connectivity index (χ2n) is 5.35. The quantitative estimate of drug-likeness (QED) is 0.713. The van der Waals surface area contributed by atoms with Crippen LogP contribution in [0.25, 0.3) is 11.0 Å². The van der Waals surface area contributed by atoms with Crippen molar-refractivity contribution in [2.75, 3.05) is 5.32 Å². The predicted molar refractivity (Wildman–Crippen MR) is 91.4 cm³/mol. The molecule has 4 nitrogen and oxygen atoms in total. The molecule has 3 aromatic rings. The van der Waals surface area contributed by atoms with Crippen molar-refractivity contribution < 1.29 is 9.21 Å². The number of benzene rings is 2. The van der Waals surface area contributed by atoms with Gasteiger partial charge < -0.3 is 9.73 Å². The van der Waals surface area contributed by atoms with E-state index in [0.717, 1.165) is 16.5 Å². The highest BCUT2D eigenvalue weighted by Crippen LogP contribution is 2.26. The zero-order valence-electron chi connectivity index (χ0n) is 12.6. The van der Waals surface area contributed by atoms with Crippen LogP contribution in [0.4, 0.5) is 5.69 Å². The molecule has 0 aliphatic rings. The molecular formula is C18H14ClNO3. The highest BCUT2D eigenvalue weighted by molar-refractivity contribution is 6.34. The van der Waals surface area contributed by atoms with Crippen LogP contribution in [0.1, 0.15) is 21.5 Å². The van der Waals surface area contributed by atoms with E-state index in [2.05, 4.69) is 5.32 Å². The van der Waals surface area contributed by atoms with Crippen LogP contribution in [0.15, 0.2) is 51.7 Å². The average molecular weight is 328 g/mol. The van der Waals surface area contributed by atoms with Crippen LogP contribution in [0.2, 0.25) is 5.02 Å². The van der Waals surface area contributed by atoms with Gasteiger partial charge in [-0.15, -0.1) is 0 Å². The standard InChI is InChI=1S/C18H14ClNO3/c1-10-8-17(21)23-16-7-11(2)15(9-13(10)16)20-18(22)12-5-3-4-6-14(12)19/h3-9H,1-2H3,(H,20,22). The molecule has 1 N–H and O–H groups in total. The molecule has 0 aliphatic carbocycles. The molecule has 0 saturated carbocycles. The molecule has 0 radical (unpaired) electrons. The molecular weight excluding hydrogens is 314 g/mol. The molecule has 23 heavy (non-hydrogen) atoms. The lowest BCUT2D eigenvalue weighted by Crippen LogP contribution is -2.13. The maximum atomic E-state index is 12.4. The Labute approximate surface area is 137 Å². The normalized spacial score (nSPS) is 10.7. The smallest absolute Gasteiger partial charge is 0.336 e. The molecule has 0 saturated heterocycles. The van der Waals surface area contributed by atoms with Crippen LogP contribution in [0.3, 0.4) is 0 Å². The fourth-order valence-corrected chi connectivity index (χ4v) is 2.66. The van der Waals surface area contributed by atoms with E-state index in [-0.39, 0.29) is 11.5 Å². The van der Waals surface area contributed by atoms with E-state index in [1.807, 2.05) is 13.8 Å². The number of amides is 1. The van der Waals surface area contributed by atoms with Gasteiger partial charge in [0.15, 0.2) is 0 Å². The van der Waals surface area contributed by atoms with Gasteiger partial charge in [-0.25, -0.2) is 4.79 Å². The highest BCUT2D eigenvalue weighted by Gasteiger charge is 2.13. The first-order valence-corrected chi connectivity index (χ1v) is 7.44. The van der Waals surface area contributed by atoms with E-state index >= 15 is 0 Å². The Kier molecular flexibility index (Phi) is 3.92. The van der Waals surface area contributed by atoms with E-state index in [1.165, 1.54) is 6.07 Å². The Hall–Kier alpha value is -2.59. The van der Waals surface area contributed by atoms with E-state index in [0.29, 0.717) is 21.9 Å². The minimum atomic E-state index is -0.387. The Bertz CT molecular complexity index is 976. The van der Waals surface area contributed by atoms with Gasteiger partial charge in [-0.05, 0) is 49.2 Å². The Balaban J connectivity index is 2.04. The highest BCUT2D eigenvalue weighted by atomic mass is 35.5. The maximum Gasteiger partial charge on any atom is 0.336 e. The molecule has 0 spiro atoms. The summed E-state index contributed by atoms with van der Waals surface area (Å²) >= 11 is 6.05. The summed E-state index contributed by atoms with van der Waals surface area (Å²) in [5.74, 6) is -0.284. The van der Waals surface area contributed by atoms with E-state index in [4.69, 9.17) is 16.0 Å². The first kappa shape index (κ1) is 15.3. The van der Waals surface area contributed by atoms with E-state index in [9.17, 15) is 9.59 Å². The Morgan fingerprint density at radius 2 is 1.83 bits per heavy atom. The number of anilines is 1. The Morgan fingerprint density at radius 1 is 1.09 bits per heavy atom. The van der Waals surface area contributed by atoms with Gasteiger partial charge in [0, 0.05) is 17.1 Å². The summed E-state index contributed by atoms with van der Waals surface area (Å²) in [5.41, 5.74) is 2.77. The number of halogens is 1. The number of hydrogen-bond donors (Lipinski definition) is 1. The van der Waals surface area contributed by atoms with Crippen LogP contribution in [0.5, 0.6) is 0 Å². The molecule has 2 aromatic carbocycles. The minimum Gasteiger partial charge on any atom is -0.423 e. The number of carbonyl (C=O) groups is 1. The van der Waals surface area contributed by atoms with Gasteiger partial charge in [-0.1, -0.05) is 23.7 Å². The average Bonchev–Trinajstić information content (AvgIpc) is 2.49. The largest absolute Gasteiger partial charge is 0.423 e. The molecule has 0 aliphatic heterocycles. The maximum absolute atomic E-state index is 12.4. The van der Waals surface area contributed by atoms with E-state index < -0.39 is 0 Å². The monoisotopic (exact) mass is 327 g/mol. The summed E-state index contributed by atoms with van der Waals surface area (Å²) in [6.07, 6.45) is 0. The fraction of sp³-hybridized carbons (Fsp3) is 0.111. The van der Waals surface area contributed by atoms with Crippen LogP contribution in [0, 0.1) is 13.8 Å². The number of hydrogen-bond acceptors (Lipinski definition) is 3. The molecule has 1 aromatic heterocycles. The molecule has 1 amide bonds. The first-order valence-electron chi connectivity index (χ1n) is 7.06. The molecule has 116 valence electrons. The van der Waals surface area contributed by atoms with Crippen LogP contribution in [-0.2, 0) is 0 Å². The van der Waals surface area contributed by atoms with Crippen LogP contribution < -0.4 is 10.9 Å². The van der Waals surface area contributed by atoms with Crippen LogP contribution >= 0.6 is 11.6 Å². The predicted octanol–water partition coefficient (Wildman–Crippen LogP) is 4.32. The third kappa shape index (κ3) is 2.98. The van der Waals surface area contributed by atoms with Crippen molar-refractivity contribution in [3.8, 4) is 0 Å². The minimum absolute atomic E-state index is 0.284. The zero-order chi connectivity index (χ0) is 16.6. The van der Waals surface area contributed by atoms with Gasteiger partial charge in [-0.2, -0.15) is 0 Å². The summed E-state index contributed by atoms with van der Waals surface area (Å²) < 4.78 is 5.20. The van der Waals surface area contributed by atoms with Crippen molar-refractivity contribution in [1.82, 2.24) is 0 Å². The lowest BCUT2D eigenvalue weighted by Gasteiger charge is -2.11. The number of fused-ring (bicyclic) bond motifs is 1. The van der Waals surface area contributed by atoms with Crippen molar-refractivity contribution in [3.05, 3.63) is 74.6 Å². The lowest BCUT2D eigenvalue weighted by molar-refractivity contribution is 0.102. The molecule has 0 unspecified atom stereocenters. The number of rotatable bonds is 2. The lowest BCUT2D eigenvalue weighted by atomic mass is 10.1. The topological polar surface area (TPSA) is 59.3 Å². The van der Waals surface area contributed by atoms with Crippen molar-refractivity contribution >= 4 is 34.2 Å². The second-order valence-corrected chi connectivity index (χ2v) is 5.75. The molecule has 5 heteroatoms. The van der Waals surface area contributed by atoms with Crippen molar-refractivity contribution in [2.24, 2.45) is 0 Å². The van der Waals surface area contributed by atoms with Crippen molar-refractivity contribution in [1.29, 1.82) is 0 Å². The van der Waals surface area contributed by atoms with Gasteiger partial charge in [-0.3, -0.25) is 4.79 Å². The summed E-state index contributed by atoms with van der Waals surface area (Å²) in [5, 5.41) is 4.03.